The zero-order valence-electron chi connectivity index (χ0n) is 21.5. The quantitative estimate of drug-likeness (QED) is 0.461. The Labute approximate surface area is 192 Å². The van der Waals surface area contributed by atoms with E-state index in [9.17, 15) is 10.2 Å². The van der Waals surface area contributed by atoms with Crippen LogP contribution >= 0.6 is 0 Å². The number of hydrogen-bond acceptors (Lipinski definition) is 2. The predicted molar refractivity (Wildman–Crippen MR) is 130 cm³/mol. The fourth-order valence-electron chi connectivity index (χ4n) is 9.37. The topological polar surface area (TPSA) is 40.5 Å². The fraction of sp³-hybridized carbons (Fsp3) is 0.931. The molecule has 0 spiro atoms. The molecule has 0 aromatic carbocycles. The van der Waals surface area contributed by atoms with Gasteiger partial charge in [-0.1, -0.05) is 79.4 Å². The average Bonchev–Trinajstić information content (AvgIpc) is 3.04. The lowest BCUT2D eigenvalue weighted by Gasteiger charge is -2.62. The van der Waals surface area contributed by atoms with Crippen molar-refractivity contribution < 1.29 is 10.2 Å². The molecule has 4 aliphatic carbocycles. The molecule has 3 fully saturated rings. The van der Waals surface area contributed by atoms with Crippen LogP contribution in [0, 0.1) is 51.8 Å². The largest absolute Gasteiger partial charge is 0.392 e. The van der Waals surface area contributed by atoms with Crippen LogP contribution in [0.3, 0.4) is 0 Å². The molecule has 0 bridgehead atoms. The van der Waals surface area contributed by atoms with Crippen molar-refractivity contribution in [2.75, 3.05) is 0 Å². The highest BCUT2D eigenvalue weighted by Crippen LogP contribution is 2.68. The second-order valence-electron chi connectivity index (χ2n) is 13.5. The number of hydrogen-bond donors (Lipinski definition) is 2. The summed E-state index contributed by atoms with van der Waals surface area (Å²) in [5.74, 6) is 4.62. The molecule has 0 radical (unpaired) electrons. The van der Waals surface area contributed by atoms with Gasteiger partial charge in [0.15, 0.2) is 0 Å². The van der Waals surface area contributed by atoms with E-state index in [0.29, 0.717) is 23.7 Å². The van der Waals surface area contributed by atoms with Crippen LogP contribution in [-0.4, -0.2) is 22.4 Å². The van der Waals surface area contributed by atoms with Crippen molar-refractivity contribution in [3.63, 3.8) is 0 Å². The van der Waals surface area contributed by atoms with Gasteiger partial charge < -0.3 is 10.2 Å². The summed E-state index contributed by atoms with van der Waals surface area (Å²) in [4.78, 5) is 0. The van der Waals surface area contributed by atoms with Crippen LogP contribution in [0.25, 0.3) is 0 Å². The lowest BCUT2D eigenvalue weighted by molar-refractivity contribution is -0.133. The van der Waals surface area contributed by atoms with Gasteiger partial charge >= 0.3 is 0 Å². The summed E-state index contributed by atoms with van der Waals surface area (Å²) in [5, 5.41) is 22.0. The highest BCUT2D eigenvalue weighted by atomic mass is 16.3. The van der Waals surface area contributed by atoms with Gasteiger partial charge in [0.25, 0.3) is 0 Å². The van der Waals surface area contributed by atoms with Crippen molar-refractivity contribution in [3.8, 4) is 0 Å². The predicted octanol–water partition coefficient (Wildman–Crippen LogP) is 7.00. The van der Waals surface area contributed by atoms with E-state index in [0.717, 1.165) is 30.1 Å². The molecule has 2 heteroatoms. The van der Waals surface area contributed by atoms with Crippen LogP contribution in [0.1, 0.15) is 106 Å². The highest BCUT2D eigenvalue weighted by molar-refractivity contribution is 5.33. The summed E-state index contributed by atoms with van der Waals surface area (Å²) in [5.41, 5.74) is 1.46. The van der Waals surface area contributed by atoms with E-state index in [1.165, 1.54) is 50.5 Å². The van der Waals surface area contributed by atoms with Gasteiger partial charge in [-0.3, -0.25) is 0 Å². The first-order chi connectivity index (χ1) is 14.4. The number of allylic oxidation sites excluding steroid dienone is 1. The SMILES string of the molecule is CC(C)CCC[C@@H](C)[C@H]1CC[C@H]2[C@@H]3CC=C4C(C)(C)C(O)C[C@H](O)[C@]4(C)[C@H]3CC[C@]12C. The molecule has 0 amide bonds. The van der Waals surface area contributed by atoms with Gasteiger partial charge in [-0.15, -0.1) is 0 Å². The summed E-state index contributed by atoms with van der Waals surface area (Å²) >= 11 is 0. The van der Waals surface area contributed by atoms with Crippen molar-refractivity contribution >= 4 is 0 Å². The molecule has 9 atom stereocenters. The maximum absolute atomic E-state index is 11.3. The Morgan fingerprint density at radius 2 is 1.65 bits per heavy atom. The first-order valence-electron chi connectivity index (χ1n) is 13.5. The Kier molecular flexibility index (Phi) is 6.26. The molecular weight excluding hydrogens is 380 g/mol. The molecule has 0 aliphatic heterocycles. The van der Waals surface area contributed by atoms with E-state index >= 15 is 0 Å². The van der Waals surface area contributed by atoms with Crippen molar-refractivity contribution in [1.82, 2.24) is 0 Å². The van der Waals surface area contributed by atoms with Gasteiger partial charge in [0, 0.05) is 17.3 Å². The van der Waals surface area contributed by atoms with Gasteiger partial charge in [-0.2, -0.15) is 0 Å². The average molecular weight is 431 g/mol. The molecule has 0 saturated heterocycles. The minimum atomic E-state index is -0.435. The Balaban J connectivity index is 1.57. The molecule has 3 saturated carbocycles. The number of fused-ring (bicyclic) bond motifs is 5. The zero-order valence-corrected chi connectivity index (χ0v) is 21.5. The summed E-state index contributed by atoms with van der Waals surface area (Å²) in [6.45, 7) is 16.6. The molecule has 1 unspecified atom stereocenters. The maximum Gasteiger partial charge on any atom is 0.0658 e. The second-order valence-corrected chi connectivity index (χ2v) is 13.5. The molecule has 2 N–H and O–H groups in total. The standard InChI is InChI=1S/C29H50O2/c1-18(2)9-8-10-19(3)21-12-13-22-20-11-14-24-27(4,5)25(30)17-26(31)29(24,7)23(20)15-16-28(21,22)6/h14,18-23,25-26,30-31H,8-13,15-17H2,1-7H3/t19-,20+,21-,22+,23+,25?,26+,28-,29-/m1/s1. The number of aliphatic hydroxyl groups is 2. The van der Waals surface area contributed by atoms with E-state index in [4.69, 9.17) is 0 Å². The van der Waals surface area contributed by atoms with Gasteiger partial charge in [-0.05, 0) is 73.0 Å². The Morgan fingerprint density at radius 1 is 0.935 bits per heavy atom. The Hall–Kier alpha value is -0.340. The minimum Gasteiger partial charge on any atom is -0.392 e. The van der Waals surface area contributed by atoms with Gasteiger partial charge in [0.2, 0.25) is 0 Å². The highest BCUT2D eigenvalue weighted by Gasteiger charge is 2.63. The third-order valence-corrected chi connectivity index (χ3v) is 11.2. The Morgan fingerprint density at radius 3 is 2.32 bits per heavy atom. The van der Waals surface area contributed by atoms with Crippen LogP contribution < -0.4 is 0 Å². The number of aliphatic hydroxyl groups excluding tert-OH is 2. The van der Waals surface area contributed by atoms with Gasteiger partial charge in [0.05, 0.1) is 12.2 Å². The molecule has 2 nitrogen and oxygen atoms in total. The summed E-state index contributed by atoms with van der Waals surface area (Å²) in [6.07, 6.45) is 12.8. The second kappa shape index (κ2) is 8.15. The zero-order chi connectivity index (χ0) is 22.8. The van der Waals surface area contributed by atoms with E-state index in [2.05, 4.69) is 54.5 Å². The van der Waals surface area contributed by atoms with Crippen molar-refractivity contribution in [2.45, 2.75) is 118 Å². The first kappa shape index (κ1) is 23.8. The lowest BCUT2D eigenvalue weighted by Crippen LogP contribution is -2.60. The third-order valence-electron chi connectivity index (χ3n) is 11.2. The smallest absolute Gasteiger partial charge is 0.0658 e. The van der Waals surface area contributed by atoms with Crippen molar-refractivity contribution in [2.24, 2.45) is 51.8 Å². The molecule has 4 aliphatic rings. The lowest BCUT2D eigenvalue weighted by atomic mass is 9.43. The monoisotopic (exact) mass is 430 g/mol. The molecule has 0 heterocycles. The van der Waals surface area contributed by atoms with E-state index in [1.807, 2.05) is 0 Å². The molecule has 4 rings (SSSR count). The molecular formula is C29H50O2. The minimum absolute atomic E-state index is 0.159. The van der Waals surface area contributed by atoms with Gasteiger partial charge in [0.1, 0.15) is 0 Å². The van der Waals surface area contributed by atoms with Crippen LogP contribution in [0.5, 0.6) is 0 Å². The Bertz CT molecular complexity index is 693. The van der Waals surface area contributed by atoms with Gasteiger partial charge in [-0.25, -0.2) is 0 Å². The normalized spacial score (nSPS) is 47.4. The summed E-state index contributed by atoms with van der Waals surface area (Å²) in [6, 6.07) is 0. The first-order valence-corrected chi connectivity index (χ1v) is 13.5. The van der Waals surface area contributed by atoms with Crippen molar-refractivity contribution in [1.29, 1.82) is 0 Å². The molecule has 0 aromatic heterocycles. The van der Waals surface area contributed by atoms with E-state index in [-0.39, 0.29) is 10.8 Å². The molecule has 0 aromatic rings. The van der Waals surface area contributed by atoms with E-state index in [1.54, 1.807) is 0 Å². The number of rotatable bonds is 5. The summed E-state index contributed by atoms with van der Waals surface area (Å²) < 4.78 is 0. The van der Waals surface area contributed by atoms with E-state index < -0.39 is 12.2 Å². The van der Waals surface area contributed by atoms with Crippen LogP contribution in [0.4, 0.5) is 0 Å². The van der Waals surface area contributed by atoms with Crippen LogP contribution in [0.15, 0.2) is 11.6 Å². The molecule has 178 valence electrons. The third kappa shape index (κ3) is 3.58. The fourth-order valence-corrected chi connectivity index (χ4v) is 9.37. The van der Waals surface area contributed by atoms with Crippen LogP contribution in [0.2, 0.25) is 0 Å². The summed E-state index contributed by atoms with van der Waals surface area (Å²) in [7, 11) is 0. The van der Waals surface area contributed by atoms with Crippen molar-refractivity contribution in [3.05, 3.63) is 11.6 Å². The molecule has 31 heavy (non-hydrogen) atoms. The maximum atomic E-state index is 11.3. The van der Waals surface area contributed by atoms with Crippen LogP contribution in [-0.2, 0) is 0 Å².